The van der Waals surface area contributed by atoms with Crippen molar-refractivity contribution >= 4 is 37.1 Å². The molecular formula is C22H26FN5O5S2. The number of rotatable bonds is 5. The number of benzene rings is 2. The quantitative estimate of drug-likeness (QED) is 0.335. The minimum absolute atomic E-state index is 0.0779. The maximum atomic E-state index is 13.4. The van der Waals surface area contributed by atoms with E-state index in [1.54, 1.807) is 38.1 Å². The number of nitrogens with zero attached hydrogens (tertiary/aromatic N) is 3. The fraction of sp³-hybridized carbons (Fsp3) is 0.273. The fourth-order valence-corrected chi connectivity index (χ4v) is 4.47. The van der Waals surface area contributed by atoms with Gasteiger partial charge in [-0.3, -0.25) is 4.55 Å². The Bertz CT molecular complexity index is 1570. The van der Waals surface area contributed by atoms with E-state index in [1.807, 2.05) is 13.0 Å². The van der Waals surface area contributed by atoms with Gasteiger partial charge in [-0.15, -0.1) is 0 Å². The van der Waals surface area contributed by atoms with E-state index in [-0.39, 0.29) is 11.8 Å². The van der Waals surface area contributed by atoms with Crippen molar-refractivity contribution in [2.24, 2.45) is 0 Å². The third-order valence-corrected chi connectivity index (χ3v) is 7.07. The van der Waals surface area contributed by atoms with Crippen LogP contribution in [-0.2, 0) is 26.6 Å². The van der Waals surface area contributed by atoms with Crippen molar-refractivity contribution in [3.05, 3.63) is 54.1 Å². The van der Waals surface area contributed by atoms with Crippen molar-refractivity contribution < 1.29 is 25.8 Å². The van der Waals surface area contributed by atoms with Crippen LogP contribution in [0.5, 0.6) is 0 Å². The molecule has 0 atom stereocenters. The second kappa shape index (κ2) is 9.76. The third-order valence-electron chi connectivity index (χ3n) is 4.98. The maximum Gasteiger partial charge on any atom is 0.261 e. The average molecular weight is 524 g/mol. The number of halogens is 1. The Labute approximate surface area is 202 Å². The van der Waals surface area contributed by atoms with Crippen LogP contribution < -0.4 is 5.73 Å². The fourth-order valence-electron chi connectivity index (χ4n) is 3.32. The Kier molecular flexibility index (Phi) is 7.34. The Balaban J connectivity index is 0.000000623. The SMILES string of the molecule is CCc1nc(-c2ccc3nc(N)n(S(=O)(=O)C(C)C)c3c2)c(-c2ccc(F)cc2)[nH]1.CS(=O)(=O)O. The molecule has 0 amide bonds. The lowest BCUT2D eigenvalue weighted by molar-refractivity contribution is 0.490. The van der Waals surface area contributed by atoms with E-state index in [0.29, 0.717) is 35.0 Å². The highest BCUT2D eigenvalue weighted by atomic mass is 32.2. The number of H-pyrrole nitrogens is 1. The molecule has 0 aliphatic carbocycles. The Morgan fingerprint density at radius 2 is 1.63 bits per heavy atom. The lowest BCUT2D eigenvalue weighted by Crippen LogP contribution is -2.23. The molecule has 13 heteroatoms. The molecule has 35 heavy (non-hydrogen) atoms. The van der Waals surface area contributed by atoms with Crippen LogP contribution in [0.15, 0.2) is 42.5 Å². The first-order valence-corrected chi connectivity index (χ1v) is 13.9. The Morgan fingerprint density at radius 3 is 2.17 bits per heavy atom. The molecule has 0 saturated carbocycles. The van der Waals surface area contributed by atoms with Crippen molar-refractivity contribution in [1.82, 2.24) is 18.9 Å². The average Bonchev–Trinajstić information content (AvgIpc) is 3.33. The Hall–Kier alpha value is -3.29. The molecule has 2 aromatic carbocycles. The summed E-state index contributed by atoms with van der Waals surface area (Å²) in [6.07, 6.45) is 1.40. The molecule has 4 rings (SSSR count). The van der Waals surface area contributed by atoms with Crippen molar-refractivity contribution in [2.75, 3.05) is 12.0 Å². The standard InChI is InChI=1S/C21H22FN5O2S.CH4O3S/c1-4-18-25-19(13-5-8-15(22)9-6-13)20(26-18)14-7-10-16-17(11-14)27(21(23)24-16)30(28,29)12(2)3;1-5(2,3)4/h5-12H,4H2,1-3H3,(H2,23,24)(H,25,26);1H3,(H,2,3,4). The molecule has 0 fully saturated rings. The highest BCUT2D eigenvalue weighted by molar-refractivity contribution is 7.90. The van der Waals surface area contributed by atoms with Gasteiger partial charge >= 0.3 is 0 Å². The number of imidazole rings is 2. The molecule has 2 aromatic heterocycles. The highest BCUT2D eigenvalue weighted by Crippen LogP contribution is 2.33. The predicted octanol–water partition coefficient (Wildman–Crippen LogP) is 3.47. The van der Waals surface area contributed by atoms with Crippen LogP contribution in [0.1, 0.15) is 26.6 Å². The van der Waals surface area contributed by atoms with Gasteiger partial charge in [-0.2, -0.15) is 8.42 Å². The molecule has 4 N–H and O–H groups in total. The van der Waals surface area contributed by atoms with E-state index < -0.39 is 25.4 Å². The van der Waals surface area contributed by atoms with E-state index >= 15 is 0 Å². The molecular weight excluding hydrogens is 497 g/mol. The number of fused-ring (bicyclic) bond motifs is 1. The van der Waals surface area contributed by atoms with Gasteiger partial charge in [0.2, 0.25) is 16.0 Å². The number of hydrogen-bond donors (Lipinski definition) is 3. The van der Waals surface area contributed by atoms with Gasteiger partial charge in [0.15, 0.2) is 0 Å². The van der Waals surface area contributed by atoms with E-state index in [9.17, 15) is 21.2 Å². The smallest absolute Gasteiger partial charge is 0.261 e. The summed E-state index contributed by atoms with van der Waals surface area (Å²) in [7, 11) is -7.36. The zero-order valence-corrected chi connectivity index (χ0v) is 21.2. The van der Waals surface area contributed by atoms with E-state index in [4.69, 9.17) is 10.3 Å². The van der Waals surface area contributed by atoms with Crippen LogP contribution in [0, 0.1) is 5.82 Å². The predicted molar refractivity (Wildman–Crippen MR) is 133 cm³/mol. The lowest BCUT2D eigenvalue weighted by atomic mass is 10.0. The first kappa shape index (κ1) is 26.3. The van der Waals surface area contributed by atoms with Gasteiger partial charge in [-0.25, -0.2) is 26.7 Å². The summed E-state index contributed by atoms with van der Waals surface area (Å²) < 4.78 is 66.0. The topological polar surface area (TPSA) is 161 Å². The number of aromatic nitrogens is 4. The van der Waals surface area contributed by atoms with Crippen molar-refractivity contribution in [2.45, 2.75) is 32.4 Å². The number of aryl methyl sites for hydroxylation is 1. The second-order valence-corrected chi connectivity index (χ2v) is 11.8. The lowest BCUT2D eigenvalue weighted by Gasteiger charge is -2.11. The van der Waals surface area contributed by atoms with Gasteiger partial charge in [-0.05, 0) is 50.2 Å². The third kappa shape index (κ3) is 5.86. The molecule has 4 aromatic rings. The summed E-state index contributed by atoms with van der Waals surface area (Å²) in [4.78, 5) is 12.2. The molecule has 0 aliphatic rings. The van der Waals surface area contributed by atoms with Gasteiger partial charge in [0, 0.05) is 17.5 Å². The van der Waals surface area contributed by atoms with E-state index in [0.717, 1.165) is 21.1 Å². The molecule has 2 heterocycles. The monoisotopic (exact) mass is 523 g/mol. The molecule has 0 bridgehead atoms. The summed E-state index contributed by atoms with van der Waals surface area (Å²) in [6.45, 7) is 5.17. The molecule has 0 radical (unpaired) electrons. The number of hydrogen-bond acceptors (Lipinski definition) is 7. The zero-order chi connectivity index (χ0) is 26.1. The summed E-state index contributed by atoms with van der Waals surface area (Å²) in [5.41, 5.74) is 9.68. The van der Waals surface area contributed by atoms with Crippen molar-refractivity contribution in [1.29, 1.82) is 0 Å². The van der Waals surface area contributed by atoms with Gasteiger partial charge in [-0.1, -0.05) is 13.0 Å². The normalized spacial score (nSPS) is 12.1. The zero-order valence-electron chi connectivity index (χ0n) is 19.5. The molecule has 0 unspecified atom stereocenters. The van der Waals surface area contributed by atoms with Gasteiger partial charge < -0.3 is 10.7 Å². The van der Waals surface area contributed by atoms with E-state index in [1.165, 1.54) is 12.1 Å². The van der Waals surface area contributed by atoms with Gasteiger partial charge in [0.1, 0.15) is 11.6 Å². The summed E-state index contributed by atoms with van der Waals surface area (Å²) in [5.74, 6) is 0.369. The number of nitrogen functional groups attached to an aromatic ring is 1. The van der Waals surface area contributed by atoms with Crippen molar-refractivity contribution in [3.63, 3.8) is 0 Å². The summed E-state index contributed by atoms with van der Waals surface area (Å²) in [5, 5.41) is -0.660. The molecule has 10 nitrogen and oxygen atoms in total. The van der Waals surface area contributed by atoms with Crippen LogP contribution in [0.2, 0.25) is 0 Å². The number of nitrogens with one attached hydrogen (secondary N) is 1. The van der Waals surface area contributed by atoms with Crippen LogP contribution in [0.25, 0.3) is 33.5 Å². The largest absolute Gasteiger partial charge is 0.368 e. The van der Waals surface area contributed by atoms with Gasteiger partial charge in [0.05, 0.1) is 33.9 Å². The van der Waals surface area contributed by atoms with Crippen LogP contribution in [-0.4, -0.2) is 51.8 Å². The Morgan fingerprint density at radius 1 is 1.06 bits per heavy atom. The molecule has 0 spiro atoms. The number of nitrogens with two attached hydrogens (primary N) is 1. The maximum absolute atomic E-state index is 13.4. The summed E-state index contributed by atoms with van der Waals surface area (Å²) >= 11 is 0. The van der Waals surface area contributed by atoms with E-state index in [2.05, 4.69) is 15.0 Å². The minimum atomic E-state index is -3.70. The number of aromatic amines is 1. The number of anilines is 1. The first-order valence-electron chi connectivity index (χ1n) is 10.5. The van der Waals surface area contributed by atoms with Crippen LogP contribution >= 0.6 is 0 Å². The van der Waals surface area contributed by atoms with Crippen molar-refractivity contribution in [3.8, 4) is 22.5 Å². The molecule has 0 aliphatic heterocycles. The van der Waals surface area contributed by atoms with Crippen LogP contribution in [0.3, 0.4) is 0 Å². The van der Waals surface area contributed by atoms with Gasteiger partial charge in [0.25, 0.3) is 10.1 Å². The minimum Gasteiger partial charge on any atom is -0.368 e. The highest BCUT2D eigenvalue weighted by Gasteiger charge is 2.25. The van der Waals surface area contributed by atoms with Crippen LogP contribution in [0.4, 0.5) is 10.3 Å². The molecule has 0 saturated heterocycles. The second-order valence-electron chi connectivity index (χ2n) is 8.03. The first-order chi connectivity index (χ1) is 16.2. The summed E-state index contributed by atoms with van der Waals surface area (Å²) in [6, 6.07) is 11.4. The molecule has 188 valence electrons.